The smallest absolute Gasteiger partial charge is 0.263 e. The molecule has 5 heteroatoms. The van der Waals surface area contributed by atoms with Crippen LogP contribution in [0.1, 0.15) is 33.1 Å². The molecule has 3 nitrogen and oxygen atoms in total. The van der Waals surface area contributed by atoms with Gasteiger partial charge >= 0.3 is 0 Å². The minimum Gasteiger partial charge on any atom is -0.479 e. The summed E-state index contributed by atoms with van der Waals surface area (Å²) in [5.41, 5.74) is 0. The molecule has 0 spiro atoms. The monoisotopic (exact) mass is 315 g/mol. The van der Waals surface area contributed by atoms with Crippen LogP contribution in [0.15, 0.2) is 18.2 Å². The van der Waals surface area contributed by atoms with Crippen molar-refractivity contribution in [2.45, 2.75) is 45.3 Å². The van der Waals surface area contributed by atoms with Crippen LogP contribution in [0, 0.1) is 0 Å². The molecule has 0 N–H and O–H groups in total. The van der Waals surface area contributed by atoms with Gasteiger partial charge in [-0.3, -0.25) is 4.79 Å². The third kappa shape index (κ3) is 3.58. The van der Waals surface area contributed by atoms with Gasteiger partial charge in [0.25, 0.3) is 5.91 Å². The summed E-state index contributed by atoms with van der Waals surface area (Å²) in [6.07, 6.45) is 2.75. The lowest BCUT2D eigenvalue weighted by Gasteiger charge is -2.35. The second-order valence-electron chi connectivity index (χ2n) is 5.21. The van der Waals surface area contributed by atoms with E-state index >= 15 is 0 Å². The molecule has 2 atom stereocenters. The van der Waals surface area contributed by atoms with Crippen LogP contribution in [0.3, 0.4) is 0 Å². The molecule has 0 bridgehead atoms. The molecule has 1 heterocycles. The van der Waals surface area contributed by atoms with Crippen molar-refractivity contribution in [1.82, 2.24) is 4.90 Å². The first-order valence-corrected chi connectivity index (χ1v) is 7.67. The average Bonchev–Trinajstić information content (AvgIpc) is 2.41. The number of amides is 1. The van der Waals surface area contributed by atoms with Gasteiger partial charge < -0.3 is 9.64 Å². The number of ether oxygens (including phenoxy) is 1. The molecule has 0 unspecified atom stereocenters. The highest BCUT2D eigenvalue weighted by Crippen LogP contribution is 2.29. The molecule has 2 rings (SSSR count). The number of piperidine rings is 1. The van der Waals surface area contributed by atoms with E-state index in [1.54, 1.807) is 25.1 Å². The summed E-state index contributed by atoms with van der Waals surface area (Å²) in [7, 11) is 0. The molecule has 1 fully saturated rings. The third-order valence-corrected chi connectivity index (χ3v) is 4.16. The summed E-state index contributed by atoms with van der Waals surface area (Å²) >= 11 is 11.9. The summed E-state index contributed by atoms with van der Waals surface area (Å²) < 4.78 is 5.68. The summed E-state index contributed by atoms with van der Waals surface area (Å²) in [4.78, 5) is 14.3. The van der Waals surface area contributed by atoms with E-state index in [1.165, 1.54) is 6.42 Å². The fraction of sp³-hybridized carbons (Fsp3) is 0.533. The van der Waals surface area contributed by atoms with E-state index in [9.17, 15) is 4.79 Å². The summed E-state index contributed by atoms with van der Waals surface area (Å²) in [6, 6.07) is 5.28. The normalized spacial score (nSPS) is 20.6. The Labute approximate surface area is 129 Å². The van der Waals surface area contributed by atoms with Crippen molar-refractivity contribution >= 4 is 29.1 Å². The van der Waals surface area contributed by atoms with Gasteiger partial charge in [-0.25, -0.2) is 0 Å². The Hall–Kier alpha value is -0.930. The summed E-state index contributed by atoms with van der Waals surface area (Å²) in [6.45, 7) is 4.65. The van der Waals surface area contributed by atoms with Gasteiger partial charge in [0.05, 0.1) is 5.02 Å². The van der Waals surface area contributed by atoms with Crippen LogP contribution < -0.4 is 4.74 Å². The fourth-order valence-corrected chi connectivity index (χ4v) is 2.92. The molecule has 110 valence electrons. The first kappa shape index (κ1) is 15.5. The minimum atomic E-state index is -0.547. The van der Waals surface area contributed by atoms with Crippen LogP contribution in [-0.4, -0.2) is 29.5 Å². The molecule has 1 aromatic carbocycles. The second-order valence-corrected chi connectivity index (χ2v) is 6.05. The van der Waals surface area contributed by atoms with E-state index in [4.69, 9.17) is 27.9 Å². The van der Waals surface area contributed by atoms with Crippen molar-refractivity contribution in [3.05, 3.63) is 28.2 Å². The Balaban J connectivity index is 2.03. The molecule has 1 saturated heterocycles. The maximum atomic E-state index is 12.4. The number of halogens is 2. The Morgan fingerprint density at radius 2 is 2.15 bits per heavy atom. The number of nitrogens with zero attached hydrogens (tertiary/aromatic N) is 1. The Morgan fingerprint density at radius 3 is 2.80 bits per heavy atom. The highest BCUT2D eigenvalue weighted by atomic mass is 35.5. The van der Waals surface area contributed by atoms with Crippen LogP contribution in [0.2, 0.25) is 10.0 Å². The first-order valence-electron chi connectivity index (χ1n) is 6.91. The van der Waals surface area contributed by atoms with Crippen molar-refractivity contribution in [1.29, 1.82) is 0 Å². The zero-order valence-corrected chi connectivity index (χ0v) is 13.2. The molecule has 1 aliphatic rings. The largest absolute Gasteiger partial charge is 0.479 e. The molecule has 0 saturated carbocycles. The molecule has 1 amide bonds. The number of carbonyl (C=O) groups is 1. The zero-order chi connectivity index (χ0) is 14.7. The van der Waals surface area contributed by atoms with Gasteiger partial charge in [-0.2, -0.15) is 0 Å². The minimum absolute atomic E-state index is 0.0169. The van der Waals surface area contributed by atoms with Crippen LogP contribution in [0.5, 0.6) is 5.75 Å². The third-order valence-electron chi connectivity index (χ3n) is 3.63. The molecule has 0 radical (unpaired) electrons. The van der Waals surface area contributed by atoms with Gasteiger partial charge in [0.1, 0.15) is 5.75 Å². The van der Waals surface area contributed by atoms with Crippen molar-refractivity contribution in [3.8, 4) is 5.75 Å². The highest BCUT2D eigenvalue weighted by Gasteiger charge is 2.28. The van der Waals surface area contributed by atoms with Gasteiger partial charge in [-0.05, 0) is 51.3 Å². The number of carbonyl (C=O) groups excluding carboxylic acids is 1. The number of likely N-dealkylation sites (tertiary alicyclic amines) is 1. The van der Waals surface area contributed by atoms with Crippen LogP contribution in [-0.2, 0) is 4.79 Å². The van der Waals surface area contributed by atoms with E-state index < -0.39 is 6.10 Å². The summed E-state index contributed by atoms with van der Waals surface area (Å²) in [5.74, 6) is 0.504. The van der Waals surface area contributed by atoms with Gasteiger partial charge in [0.2, 0.25) is 0 Å². The maximum Gasteiger partial charge on any atom is 0.263 e. The molecule has 1 aliphatic heterocycles. The van der Waals surface area contributed by atoms with Gasteiger partial charge in [-0.15, -0.1) is 0 Å². The van der Waals surface area contributed by atoms with Crippen LogP contribution >= 0.6 is 23.2 Å². The van der Waals surface area contributed by atoms with Gasteiger partial charge in [0.15, 0.2) is 6.10 Å². The first-order chi connectivity index (χ1) is 9.49. The number of hydrogen-bond donors (Lipinski definition) is 0. The van der Waals surface area contributed by atoms with E-state index in [1.807, 2.05) is 4.90 Å². The molecule has 1 aromatic rings. The van der Waals surface area contributed by atoms with E-state index in [2.05, 4.69) is 6.92 Å². The lowest BCUT2D eigenvalue weighted by atomic mass is 10.0. The number of benzene rings is 1. The zero-order valence-electron chi connectivity index (χ0n) is 11.7. The topological polar surface area (TPSA) is 29.5 Å². The lowest BCUT2D eigenvalue weighted by molar-refractivity contribution is -0.141. The van der Waals surface area contributed by atoms with Gasteiger partial charge in [0, 0.05) is 17.6 Å². The number of hydrogen-bond acceptors (Lipinski definition) is 2. The summed E-state index contributed by atoms with van der Waals surface area (Å²) in [5, 5.41) is 0.967. The second kappa shape index (κ2) is 6.68. The van der Waals surface area contributed by atoms with Crippen molar-refractivity contribution < 1.29 is 9.53 Å². The SMILES string of the molecule is C[C@H](Oc1ccc(Cl)cc1Cl)C(=O)N1CCCC[C@@H]1C. The Kier molecular flexibility index (Phi) is 5.17. The molecule has 0 aromatic heterocycles. The predicted octanol–water partition coefficient (Wildman–Crippen LogP) is 4.16. The quantitative estimate of drug-likeness (QED) is 0.838. The van der Waals surface area contributed by atoms with Crippen LogP contribution in [0.25, 0.3) is 0 Å². The molecular formula is C15H19Cl2NO2. The highest BCUT2D eigenvalue weighted by molar-refractivity contribution is 6.35. The van der Waals surface area contributed by atoms with E-state index in [0.29, 0.717) is 15.8 Å². The lowest BCUT2D eigenvalue weighted by Crippen LogP contribution is -2.47. The van der Waals surface area contributed by atoms with Gasteiger partial charge in [-0.1, -0.05) is 23.2 Å². The average molecular weight is 316 g/mol. The molecule has 0 aliphatic carbocycles. The Morgan fingerprint density at radius 1 is 1.40 bits per heavy atom. The van der Waals surface area contributed by atoms with Crippen molar-refractivity contribution in [2.24, 2.45) is 0 Å². The molecular weight excluding hydrogens is 297 g/mol. The van der Waals surface area contributed by atoms with E-state index in [-0.39, 0.29) is 11.9 Å². The van der Waals surface area contributed by atoms with Crippen molar-refractivity contribution in [3.63, 3.8) is 0 Å². The maximum absolute atomic E-state index is 12.4. The predicted molar refractivity (Wildman–Crippen MR) is 81.6 cm³/mol. The fourth-order valence-electron chi connectivity index (χ4n) is 2.47. The van der Waals surface area contributed by atoms with E-state index in [0.717, 1.165) is 19.4 Å². The number of rotatable bonds is 3. The Bertz CT molecular complexity index is 493. The van der Waals surface area contributed by atoms with Crippen LogP contribution in [0.4, 0.5) is 0 Å². The molecule has 20 heavy (non-hydrogen) atoms. The van der Waals surface area contributed by atoms with Crippen molar-refractivity contribution in [2.75, 3.05) is 6.54 Å². The standard InChI is InChI=1S/C15H19Cl2NO2/c1-10-5-3-4-8-18(10)15(19)11(2)20-14-7-6-12(16)9-13(14)17/h6-7,9-11H,3-5,8H2,1-2H3/t10-,11-/m0/s1.